The van der Waals surface area contributed by atoms with E-state index >= 15 is 0 Å². The lowest BCUT2D eigenvalue weighted by Gasteiger charge is -2.16. The minimum atomic E-state index is -4.16. The summed E-state index contributed by atoms with van der Waals surface area (Å²) >= 11 is 0. The number of benzene rings is 2. The van der Waals surface area contributed by atoms with Crippen LogP contribution in [0.2, 0.25) is 0 Å². The molecule has 0 saturated heterocycles. The number of H-pyrrole nitrogens is 1. The number of hydrogen-bond donors (Lipinski definition) is 2. The molecule has 0 bridgehead atoms. The van der Waals surface area contributed by atoms with Gasteiger partial charge in [0.05, 0.1) is 34.6 Å². The minimum absolute atomic E-state index is 0.120. The lowest BCUT2D eigenvalue weighted by Crippen LogP contribution is -2.16. The number of sulfonamides is 1. The van der Waals surface area contributed by atoms with Gasteiger partial charge in [0.25, 0.3) is 10.0 Å². The summed E-state index contributed by atoms with van der Waals surface area (Å²) < 4.78 is 61.4. The van der Waals surface area contributed by atoms with Gasteiger partial charge in [0, 0.05) is 18.2 Å². The Hall–Kier alpha value is -3.14. The maximum absolute atomic E-state index is 14.2. The van der Waals surface area contributed by atoms with Crippen molar-refractivity contribution in [2.24, 2.45) is 0 Å². The Kier molecular flexibility index (Phi) is 4.65. The van der Waals surface area contributed by atoms with Crippen LogP contribution in [0.1, 0.15) is 34.8 Å². The number of ether oxygens (including phenoxy) is 1. The Morgan fingerprint density at radius 2 is 1.83 bits per heavy atom. The van der Waals surface area contributed by atoms with Gasteiger partial charge in [0.1, 0.15) is 11.6 Å². The highest BCUT2D eigenvalue weighted by Gasteiger charge is 2.27. The van der Waals surface area contributed by atoms with E-state index in [1.165, 1.54) is 25.0 Å². The normalized spacial score (nSPS) is 14.0. The van der Waals surface area contributed by atoms with E-state index in [4.69, 9.17) is 0 Å². The number of carbonyl (C=O) groups is 1. The van der Waals surface area contributed by atoms with Crippen LogP contribution in [0.4, 0.5) is 14.5 Å². The molecule has 1 saturated carbocycles. The molecule has 0 spiro atoms. The first-order chi connectivity index (χ1) is 13.8. The summed E-state index contributed by atoms with van der Waals surface area (Å²) in [5.74, 6) is -2.68. The molecule has 0 unspecified atom stereocenters. The standard InChI is InChI=1S/C19H17F2N3O4S/c1-28-19(25)14-8-16(21)17(9-15(14)20)23-29(26,27)13-6-4-12(5-7-13)24-10-18(22-24)11-2-3-11/h4-11,22-23H,2-3H2,1H3. The first-order valence-corrected chi connectivity index (χ1v) is 10.2. The summed E-state index contributed by atoms with van der Waals surface area (Å²) in [6.45, 7) is 0. The van der Waals surface area contributed by atoms with Crippen LogP contribution in [-0.4, -0.2) is 31.3 Å². The first-order valence-electron chi connectivity index (χ1n) is 8.76. The molecule has 10 heteroatoms. The summed E-state index contributed by atoms with van der Waals surface area (Å²) in [4.78, 5) is 11.3. The van der Waals surface area contributed by atoms with Crippen molar-refractivity contribution in [3.05, 3.63) is 65.5 Å². The summed E-state index contributed by atoms with van der Waals surface area (Å²) in [5, 5.41) is 3.19. The fourth-order valence-electron chi connectivity index (χ4n) is 2.88. The number of aromatic amines is 1. The van der Waals surface area contributed by atoms with Crippen molar-refractivity contribution in [3.63, 3.8) is 0 Å². The first kappa shape index (κ1) is 19.2. The predicted molar refractivity (Wildman–Crippen MR) is 101 cm³/mol. The highest BCUT2D eigenvalue weighted by atomic mass is 32.2. The molecular formula is C19H17F2N3O4S. The van der Waals surface area contributed by atoms with Crippen LogP contribution in [0.15, 0.2) is 47.5 Å². The highest BCUT2D eigenvalue weighted by Crippen LogP contribution is 2.40. The number of rotatable bonds is 6. The van der Waals surface area contributed by atoms with E-state index in [0.29, 0.717) is 18.1 Å². The number of carbonyl (C=O) groups excluding carboxylic acids is 1. The predicted octanol–water partition coefficient (Wildman–Crippen LogP) is 3.55. The summed E-state index contributed by atoms with van der Waals surface area (Å²) in [5.41, 5.74) is 0.669. The fourth-order valence-corrected chi connectivity index (χ4v) is 3.94. The third-order valence-electron chi connectivity index (χ3n) is 4.67. The minimum Gasteiger partial charge on any atom is -0.465 e. The Morgan fingerprint density at radius 1 is 1.17 bits per heavy atom. The van der Waals surface area contributed by atoms with Crippen molar-refractivity contribution in [2.75, 3.05) is 11.8 Å². The third-order valence-corrected chi connectivity index (χ3v) is 6.05. The highest BCUT2D eigenvalue weighted by molar-refractivity contribution is 7.92. The second kappa shape index (κ2) is 7.03. The summed E-state index contributed by atoms with van der Waals surface area (Å²) in [6.07, 6.45) is 4.31. The molecule has 1 aromatic heterocycles. The van der Waals surface area contributed by atoms with Crippen LogP contribution >= 0.6 is 0 Å². The molecule has 1 aliphatic rings. The van der Waals surface area contributed by atoms with Gasteiger partial charge in [0.2, 0.25) is 0 Å². The van der Waals surface area contributed by atoms with Crippen molar-refractivity contribution >= 4 is 21.7 Å². The lowest BCUT2D eigenvalue weighted by molar-refractivity contribution is 0.0595. The molecular weight excluding hydrogens is 404 g/mol. The van der Waals surface area contributed by atoms with Gasteiger partial charge in [-0.1, -0.05) is 0 Å². The molecule has 29 heavy (non-hydrogen) atoms. The number of methoxy groups -OCH3 is 1. The van der Waals surface area contributed by atoms with Crippen molar-refractivity contribution in [3.8, 4) is 5.69 Å². The van der Waals surface area contributed by atoms with Gasteiger partial charge in [-0.2, -0.15) is 0 Å². The van der Waals surface area contributed by atoms with Gasteiger partial charge in [0.15, 0.2) is 0 Å². The van der Waals surface area contributed by atoms with Crippen LogP contribution in [0.5, 0.6) is 0 Å². The van der Waals surface area contributed by atoms with Crippen molar-refractivity contribution in [2.45, 2.75) is 23.7 Å². The topological polar surface area (TPSA) is 93.2 Å². The molecule has 0 aliphatic heterocycles. The van der Waals surface area contributed by atoms with E-state index in [1.807, 2.05) is 10.9 Å². The van der Waals surface area contributed by atoms with E-state index in [1.54, 1.807) is 16.8 Å². The average molecular weight is 421 g/mol. The van der Waals surface area contributed by atoms with Crippen molar-refractivity contribution in [1.29, 1.82) is 0 Å². The van der Waals surface area contributed by atoms with Crippen LogP contribution in [0.3, 0.4) is 0 Å². The monoisotopic (exact) mass is 421 g/mol. The number of anilines is 1. The van der Waals surface area contributed by atoms with Crippen LogP contribution in [0.25, 0.3) is 5.69 Å². The van der Waals surface area contributed by atoms with Crippen LogP contribution in [-0.2, 0) is 14.8 Å². The number of hydrogen-bond acceptors (Lipinski definition) is 4. The third kappa shape index (κ3) is 3.75. The Morgan fingerprint density at radius 3 is 2.41 bits per heavy atom. The maximum atomic E-state index is 14.2. The van der Waals surface area contributed by atoms with Gasteiger partial charge in [-0.15, -0.1) is 0 Å². The molecule has 7 nitrogen and oxygen atoms in total. The molecule has 1 fully saturated rings. The number of nitrogens with zero attached hydrogens (tertiary/aromatic N) is 1. The smallest absolute Gasteiger partial charge is 0.340 e. The van der Waals surface area contributed by atoms with Crippen molar-refractivity contribution in [1.82, 2.24) is 9.78 Å². The van der Waals surface area contributed by atoms with E-state index in [-0.39, 0.29) is 4.90 Å². The molecule has 2 N–H and O–H groups in total. The molecule has 1 aliphatic carbocycles. The van der Waals surface area contributed by atoms with E-state index in [9.17, 15) is 22.0 Å². The molecule has 1 heterocycles. The molecule has 0 atom stereocenters. The number of nitrogens with one attached hydrogen (secondary N) is 2. The van der Waals surface area contributed by atoms with Crippen LogP contribution < -0.4 is 4.72 Å². The Bertz CT molecular complexity index is 1170. The largest absolute Gasteiger partial charge is 0.465 e. The molecule has 152 valence electrons. The van der Waals surface area contributed by atoms with Gasteiger partial charge in [-0.05, 0) is 43.2 Å². The molecule has 3 aromatic rings. The van der Waals surface area contributed by atoms with Gasteiger partial charge < -0.3 is 4.74 Å². The zero-order valence-corrected chi connectivity index (χ0v) is 16.1. The van der Waals surface area contributed by atoms with Gasteiger partial charge >= 0.3 is 5.97 Å². The fraction of sp³-hybridized carbons (Fsp3) is 0.211. The molecule has 2 aromatic carbocycles. The zero-order valence-electron chi connectivity index (χ0n) is 15.3. The molecule has 4 rings (SSSR count). The Labute approximate surface area is 165 Å². The average Bonchev–Trinajstić information content (AvgIpc) is 3.48. The number of aromatic nitrogens is 2. The Balaban J connectivity index is 1.54. The van der Waals surface area contributed by atoms with Crippen molar-refractivity contribution < 1.29 is 26.7 Å². The molecule has 0 radical (unpaired) electrons. The SMILES string of the molecule is COC(=O)c1cc(F)c(NS(=O)(=O)c2ccc(-n3cc(C4CC4)[nH]3)cc2)cc1F. The number of esters is 1. The summed E-state index contributed by atoms with van der Waals surface area (Å²) in [6, 6.07) is 7.10. The van der Waals surface area contributed by atoms with Crippen LogP contribution in [0, 0.1) is 11.6 Å². The van der Waals surface area contributed by atoms with E-state index < -0.39 is 38.9 Å². The second-order valence-electron chi connectivity index (χ2n) is 6.74. The van der Waals surface area contributed by atoms with E-state index in [0.717, 1.165) is 18.5 Å². The van der Waals surface area contributed by atoms with E-state index in [2.05, 4.69) is 9.84 Å². The lowest BCUT2D eigenvalue weighted by atomic mass is 10.2. The van der Waals surface area contributed by atoms with Gasteiger partial charge in [-0.25, -0.2) is 22.0 Å². The maximum Gasteiger partial charge on any atom is 0.340 e. The summed E-state index contributed by atoms with van der Waals surface area (Å²) in [7, 11) is -3.14. The number of halogens is 2. The molecule has 0 amide bonds. The quantitative estimate of drug-likeness (QED) is 0.596. The zero-order chi connectivity index (χ0) is 20.8. The second-order valence-corrected chi connectivity index (χ2v) is 8.43. The van der Waals surface area contributed by atoms with Gasteiger partial charge in [-0.3, -0.25) is 14.5 Å².